The second-order valence-electron chi connectivity index (χ2n) is 13.7. The first-order valence-electron chi connectivity index (χ1n) is 13.2. The van der Waals surface area contributed by atoms with Crippen LogP contribution in [0.3, 0.4) is 0 Å². The van der Waals surface area contributed by atoms with E-state index in [-0.39, 0.29) is 22.1 Å². The monoisotopic (exact) mass is 646 g/mol. The molecule has 2 rings (SSSR count). The minimum atomic E-state index is -2.12. The van der Waals surface area contributed by atoms with E-state index >= 15 is 0 Å². The van der Waals surface area contributed by atoms with Gasteiger partial charge in [0.2, 0.25) is 0 Å². The Labute approximate surface area is 237 Å². The fourth-order valence-corrected chi connectivity index (χ4v) is 7.89. The molecule has 7 heteroatoms. The molecule has 4 atom stereocenters. The predicted molar refractivity (Wildman–Crippen MR) is 167 cm³/mol. The van der Waals surface area contributed by atoms with Crippen molar-refractivity contribution in [3.8, 4) is 11.5 Å². The van der Waals surface area contributed by atoms with Crippen LogP contribution in [0.2, 0.25) is 36.3 Å². The van der Waals surface area contributed by atoms with Crippen LogP contribution in [0.15, 0.2) is 33.9 Å². The van der Waals surface area contributed by atoms with E-state index in [1.165, 1.54) is 3.58 Å². The maximum atomic E-state index is 7.41. The van der Waals surface area contributed by atoms with E-state index < -0.39 is 22.2 Å². The summed E-state index contributed by atoms with van der Waals surface area (Å²) in [6.07, 6.45) is 3.41. The highest BCUT2D eigenvalue weighted by Gasteiger charge is 2.58. The molecule has 0 bridgehead atoms. The van der Waals surface area contributed by atoms with Crippen molar-refractivity contribution in [1.29, 1.82) is 0 Å². The second-order valence-corrected chi connectivity index (χ2v) is 24.9. The molecule has 1 fully saturated rings. The zero-order valence-electron chi connectivity index (χ0n) is 25.0. The molecule has 0 radical (unpaired) electrons. The quantitative estimate of drug-likeness (QED) is 0.198. The highest BCUT2D eigenvalue weighted by Crippen LogP contribution is 2.52. The number of allylic oxidation sites excluding steroid dienone is 1. The van der Waals surface area contributed by atoms with Crippen LogP contribution < -0.4 is 9.47 Å². The lowest BCUT2D eigenvalue weighted by molar-refractivity contribution is -0.0267. The lowest BCUT2D eigenvalue weighted by Gasteiger charge is -2.47. The van der Waals surface area contributed by atoms with Gasteiger partial charge in [0.25, 0.3) is 0 Å². The van der Waals surface area contributed by atoms with Crippen LogP contribution in [0.25, 0.3) is 0 Å². The van der Waals surface area contributed by atoms with E-state index in [9.17, 15) is 0 Å². The number of benzene rings is 1. The van der Waals surface area contributed by atoms with Gasteiger partial charge < -0.3 is 18.3 Å². The molecular weight excluding hydrogens is 595 g/mol. The summed E-state index contributed by atoms with van der Waals surface area (Å²) in [5.74, 6) is 2.14. The molecule has 36 heavy (non-hydrogen) atoms. The van der Waals surface area contributed by atoms with Crippen molar-refractivity contribution < 1.29 is 18.3 Å². The Morgan fingerprint density at radius 1 is 0.972 bits per heavy atom. The highest BCUT2D eigenvalue weighted by atomic mass is 127. The second kappa shape index (κ2) is 11.4. The SMILES string of the molecule is COc1ccc(OC[C@@]2(O[Si](C)(C)C(C)(C)C)C[C@H](C)[C@@H](O[Si](C)(C)C(C)(C)C)[C@@H]2/C=C(\C)I)cc1. The van der Waals surface area contributed by atoms with E-state index in [4.69, 9.17) is 18.3 Å². The summed E-state index contributed by atoms with van der Waals surface area (Å²) in [4.78, 5) is 0. The van der Waals surface area contributed by atoms with Crippen LogP contribution in [0.1, 0.15) is 61.8 Å². The van der Waals surface area contributed by atoms with Crippen molar-refractivity contribution >= 4 is 39.2 Å². The molecule has 0 N–H and O–H groups in total. The predicted octanol–water partition coefficient (Wildman–Crippen LogP) is 9.22. The van der Waals surface area contributed by atoms with Gasteiger partial charge in [-0.1, -0.05) is 54.5 Å². The first-order chi connectivity index (χ1) is 16.2. The number of ether oxygens (including phenoxy) is 2. The normalized spacial score (nSPS) is 26.3. The molecule has 206 valence electrons. The summed E-state index contributed by atoms with van der Waals surface area (Å²) in [6, 6.07) is 7.86. The Morgan fingerprint density at radius 3 is 1.92 bits per heavy atom. The lowest BCUT2D eigenvalue weighted by Crippen LogP contribution is -2.56. The van der Waals surface area contributed by atoms with Crippen LogP contribution in [0.5, 0.6) is 11.5 Å². The van der Waals surface area contributed by atoms with Crippen molar-refractivity contribution in [1.82, 2.24) is 0 Å². The molecule has 1 aromatic rings. The zero-order valence-corrected chi connectivity index (χ0v) is 29.2. The van der Waals surface area contributed by atoms with Crippen molar-refractivity contribution in [3.63, 3.8) is 0 Å². The standard InChI is InChI=1S/C29H51IO4Si2/c1-21-19-29(34-36(12,13)28(6,7)8,20-32-24-16-14-23(31-9)15-17-24)25(18-22(2)30)26(21)33-35(10,11)27(3,4)5/h14-18,21,25-26H,19-20H2,1-13H3/b22-18+/t21-,25-,26+,29-/m0/s1. The van der Waals surface area contributed by atoms with Crippen molar-refractivity contribution in [3.05, 3.63) is 33.9 Å². The molecule has 1 saturated carbocycles. The van der Waals surface area contributed by atoms with E-state index in [0.29, 0.717) is 12.5 Å². The van der Waals surface area contributed by atoms with Gasteiger partial charge in [0, 0.05) is 5.92 Å². The third-order valence-corrected chi connectivity index (χ3v) is 18.0. The van der Waals surface area contributed by atoms with Crippen LogP contribution >= 0.6 is 22.6 Å². The van der Waals surface area contributed by atoms with Crippen LogP contribution in [0.4, 0.5) is 0 Å². The van der Waals surface area contributed by atoms with E-state index in [1.807, 2.05) is 24.3 Å². The fraction of sp³-hybridized carbons (Fsp3) is 0.724. The molecule has 0 aromatic heterocycles. The maximum absolute atomic E-state index is 7.41. The van der Waals surface area contributed by atoms with Gasteiger partial charge in [-0.25, -0.2) is 0 Å². The summed E-state index contributed by atoms with van der Waals surface area (Å²) >= 11 is 2.44. The van der Waals surface area contributed by atoms with Gasteiger partial charge in [0.1, 0.15) is 18.1 Å². The fourth-order valence-electron chi connectivity index (χ4n) is 4.48. The summed E-state index contributed by atoms with van der Waals surface area (Å²) in [5.41, 5.74) is -0.457. The van der Waals surface area contributed by atoms with Crippen LogP contribution in [-0.2, 0) is 8.85 Å². The molecule has 0 spiro atoms. The van der Waals surface area contributed by atoms with Gasteiger partial charge in [-0.3, -0.25) is 0 Å². The molecule has 0 saturated heterocycles. The third-order valence-electron chi connectivity index (χ3n) is 8.64. The largest absolute Gasteiger partial charge is 0.497 e. The lowest BCUT2D eigenvalue weighted by atomic mass is 9.90. The van der Waals surface area contributed by atoms with Gasteiger partial charge in [-0.05, 0) is 106 Å². The molecule has 0 aliphatic heterocycles. The molecule has 4 nitrogen and oxygen atoms in total. The topological polar surface area (TPSA) is 36.9 Å². The Hall–Kier alpha value is -0.356. The number of hydrogen-bond acceptors (Lipinski definition) is 4. The average Bonchev–Trinajstić information content (AvgIpc) is 2.95. The summed E-state index contributed by atoms with van der Waals surface area (Å²) < 4.78 is 27.7. The first kappa shape index (κ1) is 31.9. The van der Waals surface area contributed by atoms with E-state index in [0.717, 1.165) is 17.9 Å². The van der Waals surface area contributed by atoms with Crippen LogP contribution in [0, 0.1) is 11.8 Å². The molecule has 0 amide bonds. The zero-order chi connectivity index (χ0) is 27.7. The van der Waals surface area contributed by atoms with Gasteiger partial charge >= 0.3 is 0 Å². The van der Waals surface area contributed by atoms with E-state index in [2.05, 4.69) is 110 Å². The Bertz CT molecular complexity index is 895. The number of methoxy groups -OCH3 is 1. The van der Waals surface area contributed by atoms with Crippen molar-refractivity contribution in [2.24, 2.45) is 11.8 Å². The highest BCUT2D eigenvalue weighted by molar-refractivity contribution is 14.1. The summed E-state index contributed by atoms with van der Waals surface area (Å²) in [7, 11) is -2.42. The molecular formula is C29H51IO4Si2. The minimum absolute atomic E-state index is 0.0926. The minimum Gasteiger partial charge on any atom is -0.497 e. The average molecular weight is 647 g/mol. The van der Waals surface area contributed by atoms with Crippen molar-refractivity contribution in [2.45, 2.75) is 110 Å². The molecule has 1 aromatic carbocycles. The molecule has 1 aliphatic carbocycles. The number of rotatable bonds is 9. The van der Waals surface area contributed by atoms with Crippen molar-refractivity contribution in [2.75, 3.05) is 13.7 Å². The Kier molecular flexibility index (Phi) is 10.1. The summed E-state index contributed by atoms with van der Waals surface area (Å²) in [6.45, 7) is 28.3. The Balaban J connectivity index is 2.56. The summed E-state index contributed by atoms with van der Waals surface area (Å²) in [5, 5.41) is 0.237. The smallest absolute Gasteiger partial charge is 0.193 e. The van der Waals surface area contributed by atoms with Gasteiger partial charge in [0.05, 0.1) is 18.8 Å². The molecule has 0 unspecified atom stereocenters. The molecule has 1 aliphatic rings. The van der Waals surface area contributed by atoms with E-state index in [1.54, 1.807) is 7.11 Å². The Morgan fingerprint density at radius 2 is 1.47 bits per heavy atom. The van der Waals surface area contributed by atoms with Gasteiger partial charge in [-0.2, -0.15) is 0 Å². The first-order valence-corrected chi connectivity index (χ1v) is 20.1. The van der Waals surface area contributed by atoms with Gasteiger partial charge in [0.15, 0.2) is 16.6 Å². The van der Waals surface area contributed by atoms with Crippen LogP contribution in [-0.4, -0.2) is 42.1 Å². The number of hydrogen-bond donors (Lipinski definition) is 0. The number of halogens is 1. The maximum Gasteiger partial charge on any atom is 0.193 e. The van der Waals surface area contributed by atoms with Gasteiger partial charge in [-0.15, -0.1) is 0 Å². The molecule has 0 heterocycles. The third kappa shape index (κ3) is 7.39.